The number of rotatable bonds is 5. The Morgan fingerprint density at radius 2 is 2.17 bits per heavy atom. The molecule has 5 nitrogen and oxygen atoms in total. The summed E-state index contributed by atoms with van der Waals surface area (Å²) in [5.41, 5.74) is 0. The van der Waals surface area contributed by atoms with Crippen LogP contribution in [-0.2, 0) is 14.3 Å². The monoisotopic (exact) mass is 256 g/mol. The summed E-state index contributed by atoms with van der Waals surface area (Å²) >= 11 is 0. The molecule has 18 heavy (non-hydrogen) atoms. The third-order valence-electron chi connectivity index (χ3n) is 3.30. The van der Waals surface area contributed by atoms with Gasteiger partial charge in [-0.2, -0.15) is 0 Å². The Balaban J connectivity index is 2.89. The van der Waals surface area contributed by atoms with E-state index in [1.807, 2.05) is 20.8 Å². The van der Waals surface area contributed by atoms with Crippen LogP contribution in [0.2, 0.25) is 0 Å². The molecule has 1 aliphatic heterocycles. The predicted octanol–water partition coefficient (Wildman–Crippen LogP) is 0.927. The van der Waals surface area contributed by atoms with Gasteiger partial charge in [0.15, 0.2) is 0 Å². The molecule has 1 rings (SSSR count). The summed E-state index contributed by atoms with van der Waals surface area (Å²) in [6.07, 6.45) is 1.92. The first-order chi connectivity index (χ1) is 8.51. The molecule has 0 bridgehead atoms. The Morgan fingerprint density at radius 1 is 1.50 bits per heavy atom. The van der Waals surface area contributed by atoms with E-state index in [9.17, 15) is 9.59 Å². The van der Waals surface area contributed by atoms with Gasteiger partial charge >= 0.3 is 0 Å². The number of nitrogens with zero attached hydrogens (tertiary/aromatic N) is 1. The molecule has 0 aliphatic carbocycles. The molecular weight excluding hydrogens is 232 g/mol. The van der Waals surface area contributed by atoms with Crippen LogP contribution in [0.15, 0.2) is 0 Å². The average molecular weight is 256 g/mol. The van der Waals surface area contributed by atoms with Gasteiger partial charge in [-0.25, -0.2) is 0 Å². The zero-order chi connectivity index (χ0) is 13.7. The number of hydrogen-bond donors (Lipinski definition) is 1. The lowest BCUT2D eigenvalue weighted by Gasteiger charge is -2.34. The van der Waals surface area contributed by atoms with E-state index >= 15 is 0 Å². The SMILES string of the molecule is CCCC1NC(=O)CC(C)N(C(C)COC)C1=O. The molecule has 1 saturated heterocycles. The lowest BCUT2D eigenvalue weighted by Crippen LogP contribution is -2.51. The van der Waals surface area contributed by atoms with E-state index in [-0.39, 0.29) is 29.9 Å². The van der Waals surface area contributed by atoms with Crippen LogP contribution in [0, 0.1) is 0 Å². The lowest BCUT2D eigenvalue weighted by molar-refractivity contribution is -0.138. The highest BCUT2D eigenvalue weighted by atomic mass is 16.5. The Kier molecular flexibility index (Phi) is 5.59. The second-order valence-electron chi connectivity index (χ2n) is 5.01. The van der Waals surface area contributed by atoms with Crippen molar-refractivity contribution in [3.05, 3.63) is 0 Å². The van der Waals surface area contributed by atoms with E-state index in [1.54, 1.807) is 12.0 Å². The van der Waals surface area contributed by atoms with Crippen LogP contribution >= 0.6 is 0 Å². The maximum absolute atomic E-state index is 12.5. The van der Waals surface area contributed by atoms with E-state index in [0.717, 1.165) is 6.42 Å². The van der Waals surface area contributed by atoms with Gasteiger partial charge in [0.2, 0.25) is 11.8 Å². The summed E-state index contributed by atoms with van der Waals surface area (Å²) in [6.45, 7) is 6.37. The fraction of sp³-hybridized carbons (Fsp3) is 0.846. The highest BCUT2D eigenvalue weighted by Crippen LogP contribution is 2.17. The predicted molar refractivity (Wildman–Crippen MR) is 69.1 cm³/mol. The number of amides is 2. The molecule has 1 heterocycles. The van der Waals surface area contributed by atoms with Crippen molar-refractivity contribution in [3.63, 3.8) is 0 Å². The molecule has 3 atom stereocenters. The third kappa shape index (κ3) is 3.45. The van der Waals surface area contributed by atoms with E-state index < -0.39 is 0 Å². The number of methoxy groups -OCH3 is 1. The van der Waals surface area contributed by atoms with Gasteiger partial charge in [0.05, 0.1) is 12.6 Å². The van der Waals surface area contributed by atoms with Gasteiger partial charge in [-0.05, 0) is 20.3 Å². The lowest BCUT2D eigenvalue weighted by atomic mass is 10.1. The first kappa shape index (κ1) is 15.0. The molecule has 1 fully saturated rings. The summed E-state index contributed by atoms with van der Waals surface area (Å²) < 4.78 is 5.12. The molecule has 104 valence electrons. The minimum Gasteiger partial charge on any atom is -0.383 e. The van der Waals surface area contributed by atoms with Crippen LogP contribution < -0.4 is 5.32 Å². The first-order valence-electron chi connectivity index (χ1n) is 6.61. The Labute approximate surface area is 109 Å². The Morgan fingerprint density at radius 3 is 2.72 bits per heavy atom. The van der Waals surface area contributed by atoms with Gasteiger partial charge < -0.3 is 15.0 Å². The quantitative estimate of drug-likeness (QED) is 0.796. The van der Waals surface area contributed by atoms with Crippen LogP contribution in [0.25, 0.3) is 0 Å². The van der Waals surface area contributed by atoms with Crippen LogP contribution in [0.5, 0.6) is 0 Å². The van der Waals surface area contributed by atoms with E-state index in [1.165, 1.54) is 0 Å². The summed E-state index contributed by atoms with van der Waals surface area (Å²) in [5.74, 6) is -0.0267. The zero-order valence-corrected chi connectivity index (χ0v) is 11.7. The highest BCUT2D eigenvalue weighted by Gasteiger charge is 2.35. The third-order valence-corrected chi connectivity index (χ3v) is 3.30. The van der Waals surface area contributed by atoms with Crippen molar-refractivity contribution >= 4 is 11.8 Å². The number of nitrogens with one attached hydrogen (secondary N) is 1. The topological polar surface area (TPSA) is 58.6 Å². The molecule has 1 N–H and O–H groups in total. The second-order valence-corrected chi connectivity index (χ2v) is 5.01. The number of hydrogen-bond acceptors (Lipinski definition) is 3. The van der Waals surface area contributed by atoms with Crippen molar-refractivity contribution in [2.45, 2.75) is 58.2 Å². The van der Waals surface area contributed by atoms with Crippen molar-refractivity contribution in [1.29, 1.82) is 0 Å². The van der Waals surface area contributed by atoms with E-state index in [2.05, 4.69) is 5.32 Å². The Hall–Kier alpha value is -1.10. The second kappa shape index (κ2) is 6.73. The fourth-order valence-corrected chi connectivity index (χ4v) is 2.54. The normalized spacial score (nSPS) is 26.8. The maximum Gasteiger partial charge on any atom is 0.245 e. The Bertz CT molecular complexity index is 307. The summed E-state index contributed by atoms with van der Waals surface area (Å²) in [7, 11) is 1.62. The van der Waals surface area contributed by atoms with E-state index in [4.69, 9.17) is 4.74 Å². The minimum absolute atomic E-state index is 0.00967. The summed E-state index contributed by atoms with van der Waals surface area (Å²) in [4.78, 5) is 26.0. The standard InChI is InChI=1S/C13H24N2O3/c1-5-6-11-13(17)15(10(3)8-18-4)9(2)7-12(16)14-11/h9-11H,5-8H2,1-4H3,(H,14,16). The molecule has 0 aromatic carbocycles. The van der Waals surface area contributed by atoms with Gasteiger partial charge in [0, 0.05) is 19.6 Å². The molecule has 0 spiro atoms. The smallest absolute Gasteiger partial charge is 0.245 e. The van der Waals surface area contributed by atoms with Gasteiger partial charge in [-0.3, -0.25) is 9.59 Å². The largest absolute Gasteiger partial charge is 0.383 e. The first-order valence-corrected chi connectivity index (χ1v) is 6.61. The van der Waals surface area contributed by atoms with E-state index in [0.29, 0.717) is 19.4 Å². The molecule has 0 aromatic rings. The van der Waals surface area contributed by atoms with Crippen molar-refractivity contribution in [1.82, 2.24) is 10.2 Å². The summed E-state index contributed by atoms with van der Waals surface area (Å²) in [5, 5.41) is 2.82. The molecule has 0 aromatic heterocycles. The van der Waals surface area contributed by atoms with Crippen molar-refractivity contribution in [2.75, 3.05) is 13.7 Å². The van der Waals surface area contributed by atoms with Gasteiger partial charge in [-0.1, -0.05) is 13.3 Å². The van der Waals surface area contributed by atoms with Crippen molar-refractivity contribution < 1.29 is 14.3 Å². The molecule has 0 radical (unpaired) electrons. The molecule has 5 heteroatoms. The van der Waals surface area contributed by atoms with Crippen LogP contribution in [0.4, 0.5) is 0 Å². The molecule has 0 saturated carbocycles. The van der Waals surface area contributed by atoms with Crippen LogP contribution in [0.3, 0.4) is 0 Å². The van der Waals surface area contributed by atoms with Gasteiger partial charge in [-0.15, -0.1) is 0 Å². The van der Waals surface area contributed by atoms with Gasteiger partial charge in [0.25, 0.3) is 0 Å². The minimum atomic E-state index is -0.383. The molecule has 2 amide bonds. The maximum atomic E-state index is 12.5. The zero-order valence-electron chi connectivity index (χ0n) is 11.7. The molecule has 1 aliphatic rings. The molecule has 3 unspecified atom stereocenters. The number of ether oxygens (including phenoxy) is 1. The average Bonchev–Trinajstić information content (AvgIpc) is 2.37. The van der Waals surface area contributed by atoms with Gasteiger partial charge in [0.1, 0.15) is 6.04 Å². The molecular formula is C13H24N2O3. The van der Waals surface area contributed by atoms with Crippen molar-refractivity contribution in [3.8, 4) is 0 Å². The number of carbonyl (C=O) groups is 2. The number of carbonyl (C=O) groups excluding carboxylic acids is 2. The van der Waals surface area contributed by atoms with Crippen LogP contribution in [0.1, 0.15) is 40.0 Å². The van der Waals surface area contributed by atoms with Crippen molar-refractivity contribution in [2.24, 2.45) is 0 Å². The highest BCUT2D eigenvalue weighted by molar-refractivity contribution is 5.90. The fourth-order valence-electron chi connectivity index (χ4n) is 2.54. The van der Waals surface area contributed by atoms with Crippen LogP contribution in [-0.4, -0.2) is 48.6 Å². The summed E-state index contributed by atoms with van der Waals surface area (Å²) in [6, 6.07) is -0.471.